The summed E-state index contributed by atoms with van der Waals surface area (Å²) in [5.41, 5.74) is 2.87. The lowest BCUT2D eigenvalue weighted by atomic mass is 10.1. The molecule has 1 N–H and O–H groups in total. The highest BCUT2D eigenvalue weighted by atomic mass is 16.5. The largest absolute Gasteiger partial charge is 0.506 e. The van der Waals surface area contributed by atoms with Gasteiger partial charge in [-0.2, -0.15) is 0 Å². The second-order valence-corrected chi connectivity index (χ2v) is 3.61. The van der Waals surface area contributed by atoms with E-state index >= 15 is 0 Å². The van der Waals surface area contributed by atoms with Crippen LogP contribution in [0.4, 0.5) is 0 Å². The maximum absolute atomic E-state index is 9.19. The molecule has 1 aromatic heterocycles. The molecule has 0 atom stereocenters. The highest BCUT2D eigenvalue weighted by molar-refractivity contribution is 5.68. The molecule has 0 aliphatic carbocycles. The average molecular weight is 215 g/mol. The summed E-state index contributed by atoms with van der Waals surface area (Å²) in [6.07, 6.45) is 1.43. The fourth-order valence-electron chi connectivity index (χ4n) is 1.57. The molecule has 1 aromatic carbocycles. The highest BCUT2D eigenvalue weighted by Crippen LogP contribution is 2.29. The molecule has 3 heteroatoms. The minimum absolute atomic E-state index is 0.162. The Morgan fingerprint density at radius 1 is 1.19 bits per heavy atom. The third kappa shape index (κ3) is 1.98. The second-order valence-electron chi connectivity index (χ2n) is 3.61. The SMILES string of the molecule is COc1ccc(C)cc1-c1ccc(O)cn1. The first-order valence-electron chi connectivity index (χ1n) is 5.01. The number of pyridine rings is 1. The van der Waals surface area contributed by atoms with Crippen molar-refractivity contribution in [1.82, 2.24) is 4.98 Å². The number of ether oxygens (including phenoxy) is 1. The van der Waals surface area contributed by atoms with Crippen LogP contribution in [0.2, 0.25) is 0 Å². The van der Waals surface area contributed by atoms with Crippen LogP contribution < -0.4 is 4.74 Å². The van der Waals surface area contributed by atoms with Crippen molar-refractivity contribution in [3.8, 4) is 22.8 Å². The van der Waals surface area contributed by atoms with E-state index in [1.54, 1.807) is 19.2 Å². The molecule has 1 heterocycles. The van der Waals surface area contributed by atoms with Gasteiger partial charge >= 0.3 is 0 Å². The molecule has 0 bridgehead atoms. The molecule has 0 fully saturated rings. The summed E-state index contributed by atoms with van der Waals surface area (Å²) < 4.78 is 5.28. The van der Waals surface area contributed by atoms with Crippen LogP contribution in [-0.2, 0) is 0 Å². The Balaban J connectivity index is 2.53. The van der Waals surface area contributed by atoms with E-state index in [0.29, 0.717) is 0 Å². The molecule has 0 spiro atoms. The first-order chi connectivity index (χ1) is 7.70. The minimum atomic E-state index is 0.162. The monoisotopic (exact) mass is 215 g/mol. The average Bonchev–Trinajstić information content (AvgIpc) is 2.30. The van der Waals surface area contributed by atoms with Gasteiger partial charge < -0.3 is 9.84 Å². The van der Waals surface area contributed by atoms with E-state index in [9.17, 15) is 5.11 Å². The Hall–Kier alpha value is -2.03. The fraction of sp³-hybridized carbons (Fsp3) is 0.154. The van der Waals surface area contributed by atoms with Crippen molar-refractivity contribution < 1.29 is 9.84 Å². The molecular formula is C13H13NO2. The van der Waals surface area contributed by atoms with Crippen LogP contribution in [0.1, 0.15) is 5.56 Å². The van der Waals surface area contributed by atoms with Gasteiger partial charge in [-0.25, -0.2) is 0 Å². The number of aromatic nitrogens is 1. The van der Waals surface area contributed by atoms with Crippen molar-refractivity contribution in [1.29, 1.82) is 0 Å². The Labute approximate surface area is 94.3 Å². The predicted molar refractivity (Wildman–Crippen MR) is 62.6 cm³/mol. The Morgan fingerprint density at radius 2 is 2.00 bits per heavy atom. The van der Waals surface area contributed by atoms with Gasteiger partial charge in [-0.1, -0.05) is 11.6 Å². The first kappa shape index (κ1) is 10.5. The van der Waals surface area contributed by atoms with Gasteiger partial charge in [0.15, 0.2) is 0 Å². The number of methoxy groups -OCH3 is 1. The van der Waals surface area contributed by atoms with Crippen molar-refractivity contribution in [2.45, 2.75) is 6.92 Å². The fourth-order valence-corrected chi connectivity index (χ4v) is 1.57. The van der Waals surface area contributed by atoms with E-state index in [4.69, 9.17) is 4.74 Å². The summed E-state index contributed by atoms with van der Waals surface area (Å²) in [4.78, 5) is 4.17. The number of benzene rings is 1. The molecular weight excluding hydrogens is 202 g/mol. The lowest BCUT2D eigenvalue weighted by molar-refractivity contribution is 0.416. The number of aryl methyl sites for hydroxylation is 1. The zero-order valence-corrected chi connectivity index (χ0v) is 9.27. The summed E-state index contributed by atoms with van der Waals surface area (Å²) in [5, 5.41) is 9.19. The molecule has 3 nitrogen and oxygen atoms in total. The summed E-state index contributed by atoms with van der Waals surface area (Å²) in [6.45, 7) is 2.02. The van der Waals surface area contributed by atoms with Crippen molar-refractivity contribution >= 4 is 0 Å². The van der Waals surface area contributed by atoms with E-state index in [0.717, 1.165) is 22.6 Å². The molecule has 2 aromatic rings. The standard InChI is InChI=1S/C13H13NO2/c1-9-3-6-13(16-2)11(7-9)12-5-4-10(15)8-14-12/h3-8,15H,1-2H3. The second kappa shape index (κ2) is 4.23. The molecule has 0 radical (unpaired) electrons. The maximum Gasteiger partial charge on any atom is 0.133 e. The van der Waals surface area contributed by atoms with Crippen LogP contribution in [-0.4, -0.2) is 17.2 Å². The molecule has 0 saturated heterocycles. The van der Waals surface area contributed by atoms with E-state index in [1.165, 1.54) is 6.20 Å². The molecule has 16 heavy (non-hydrogen) atoms. The summed E-state index contributed by atoms with van der Waals surface area (Å²) >= 11 is 0. The minimum Gasteiger partial charge on any atom is -0.506 e. The number of hydrogen-bond acceptors (Lipinski definition) is 3. The van der Waals surface area contributed by atoms with Crippen LogP contribution in [0.3, 0.4) is 0 Å². The van der Waals surface area contributed by atoms with Gasteiger partial charge in [0.2, 0.25) is 0 Å². The Bertz CT molecular complexity index is 492. The van der Waals surface area contributed by atoms with Crippen LogP contribution >= 0.6 is 0 Å². The van der Waals surface area contributed by atoms with Gasteiger partial charge in [0, 0.05) is 5.56 Å². The van der Waals surface area contributed by atoms with Crippen molar-refractivity contribution in [3.05, 3.63) is 42.1 Å². The van der Waals surface area contributed by atoms with Crippen LogP contribution in [0.15, 0.2) is 36.5 Å². The van der Waals surface area contributed by atoms with Gasteiger partial charge in [-0.3, -0.25) is 4.98 Å². The molecule has 2 rings (SSSR count). The van der Waals surface area contributed by atoms with Crippen molar-refractivity contribution in [3.63, 3.8) is 0 Å². The van der Waals surface area contributed by atoms with E-state index in [1.807, 2.05) is 25.1 Å². The lowest BCUT2D eigenvalue weighted by Crippen LogP contribution is -1.90. The predicted octanol–water partition coefficient (Wildman–Crippen LogP) is 2.77. The van der Waals surface area contributed by atoms with Crippen LogP contribution in [0.25, 0.3) is 11.3 Å². The number of nitrogens with zero attached hydrogens (tertiary/aromatic N) is 1. The zero-order valence-electron chi connectivity index (χ0n) is 9.27. The summed E-state index contributed by atoms with van der Waals surface area (Å²) in [7, 11) is 1.63. The van der Waals surface area contributed by atoms with Crippen molar-refractivity contribution in [2.75, 3.05) is 7.11 Å². The quantitative estimate of drug-likeness (QED) is 0.837. The Morgan fingerprint density at radius 3 is 2.62 bits per heavy atom. The molecule has 82 valence electrons. The Kier molecular flexibility index (Phi) is 2.77. The molecule has 0 saturated carbocycles. The number of rotatable bonds is 2. The number of hydrogen-bond donors (Lipinski definition) is 1. The van der Waals surface area contributed by atoms with Gasteiger partial charge in [-0.05, 0) is 31.2 Å². The summed E-state index contributed by atoms with van der Waals surface area (Å²) in [6, 6.07) is 9.30. The summed E-state index contributed by atoms with van der Waals surface area (Å²) in [5.74, 6) is 0.944. The zero-order chi connectivity index (χ0) is 11.5. The van der Waals surface area contributed by atoms with E-state index in [-0.39, 0.29) is 5.75 Å². The third-order valence-electron chi connectivity index (χ3n) is 2.38. The van der Waals surface area contributed by atoms with Gasteiger partial charge in [0.05, 0.1) is 19.0 Å². The van der Waals surface area contributed by atoms with Crippen LogP contribution in [0.5, 0.6) is 11.5 Å². The molecule has 0 amide bonds. The topological polar surface area (TPSA) is 42.4 Å². The van der Waals surface area contributed by atoms with E-state index in [2.05, 4.69) is 4.98 Å². The normalized spacial score (nSPS) is 10.1. The molecule has 0 aliphatic heterocycles. The molecule has 0 unspecified atom stereocenters. The third-order valence-corrected chi connectivity index (χ3v) is 2.38. The van der Waals surface area contributed by atoms with Gasteiger partial charge in [-0.15, -0.1) is 0 Å². The van der Waals surface area contributed by atoms with Gasteiger partial charge in [0.25, 0.3) is 0 Å². The van der Waals surface area contributed by atoms with Gasteiger partial charge in [0.1, 0.15) is 11.5 Å². The molecule has 0 aliphatic rings. The smallest absolute Gasteiger partial charge is 0.133 e. The highest BCUT2D eigenvalue weighted by Gasteiger charge is 2.06. The van der Waals surface area contributed by atoms with Crippen molar-refractivity contribution in [2.24, 2.45) is 0 Å². The van der Waals surface area contributed by atoms with Crippen LogP contribution in [0, 0.1) is 6.92 Å². The van der Waals surface area contributed by atoms with E-state index < -0.39 is 0 Å². The first-order valence-corrected chi connectivity index (χ1v) is 5.01. The lowest BCUT2D eigenvalue weighted by Gasteiger charge is -2.08. The number of aromatic hydroxyl groups is 1. The maximum atomic E-state index is 9.19.